The number of carbonyl (C=O) groups excluding carboxylic acids is 1. The first-order valence-electron chi connectivity index (χ1n) is 9.35. The standard InChI is InChI=1S/C19H21N3O4S/c23-19(21-27(24,25)16-7-8-22-9-10-26-18(16)22)20-17-14-5-1-3-12(14)11-13-4-2-6-15(13)17/h7-8,11H,1-6,9-10H2,(H2,20,21,23). The summed E-state index contributed by atoms with van der Waals surface area (Å²) in [6.45, 7) is 1.05. The second-order valence-electron chi connectivity index (χ2n) is 7.32. The third-order valence-electron chi connectivity index (χ3n) is 5.68. The van der Waals surface area contributed by atoms with E-state index in [4.69, 9.17) is 4.74 Å². The van der Waals surface area contributed by atoms with E-state index in [2.05, 4.69) is 16.1 Å². The van der Waals surface area contributed by atoms with Gasteiger partial charge in [0.1, 0.15) is 11.5 Å². The van der Waals surface area contributed by atoms with E-state index >= 15 is 0 Å². The predicted molar refractivity (Wildman–Crippen MR) is 99.8 cm³/mol. The normalized spacial score (nSPS) is 17.2. The molecule has 0 fully saturated rings. The van der Waals surface area contributed by atoms with E-state index in [0.717, 1.165) is 55.3 Å². The van der Waals surface area contributed by atoms with E-state index in [1.807, 2.05) is 0 Å². The molecule has 2 N–H and O–H groups in total. The molecule has 8 heteroatoms. The van der Waals surface area contributed by atoms with Crippen molar-refractivity contribution in [1.82, 2.24) is 9.29 Å². The quantitative estimate of drug-likeness (QED) is 0.846. The molecule has 0 saturated heterocycles. The van der Waals surface area contributed by atoms with Crippen LogP contribution in [0.2, 0.25) is 0 Å². The van der Waals surface area contributed by atoms with Crippen LogP contribution in [-0.4, -0.2) is 25.6 Å². The van der Waals surface area contributed by atoms with Crippen LogP contribution in [0.1, 0.15) is 35.1 Å². The Kier molecular flexibility index (Phi) is 3.72. The number of benzene rings is 1. The number of fused-ring (bicyclic) bond motifs is 3. The summed E-state index contributed by atoms with van der Waals surface area (Å²) in [5.41, 5.74) is 5.72. The molecule has 2 aromatic rings. The zero-order chi connectivity index (χ0) is 18.6. The summed E-state index contributed by atoms with van der Waals surface area (Å²) in [6.07, 6.45) is 7.68. The minimum atomic E-state index is -4.00. The number of aromatic nitrogens is 1. The zero-order valence-electron chi connectivity index (χ0n) is 14.9. The second-order valence-corrected chi connectivity index (χ2v) is 8.97. The first-order chi connectivity index (χ1) is 13.0. The van der Waals surface area contributed by atoms with E-state index in [-0.39, 0.29) is 10.8 Å². The molecule has 3 aliphatic rings. The molecule has 27 heavy (non-hydrogen) atoms. The van der Waals surface area contributed by atoms with Gasteiger partial charge in [0.05, 0.1) is 6.54 Å². The number of nitrogens with one attached hydrogen (secondary N) is 2. The molecule has 7 nitrogen and oxygen atoms in total. The number of hydrogen-bond acceptors (Lipinski definition) is 4. The van der Waals surface area contributed by atoms with Crippen LogP contribution in [0.3, 0.4) is 0 Å². The molecule has 0 atom stereocenters. The number of ether oxygens (including phenoxy) is 1. The third kappa shape index (κ3) is 2.70. The molecule has 2 amide bonds. The highest BCUT2D eigenvalue weighted by Gasteiger charge is 2.29. The van der Waals surface area contributed by atoms with Crippen LogP contribution >= 0.6 is 0 Å². The molecule has 5 rings (SSSR count). The van der Waals surface area contributed by atoms with Crippen LogP contribution in [0.4, 0.5) is 10.5 Å². The van der Waals surface area contributed by atoms with Crippen LogP contribution in [0.5, 0.6) is 5.88 Å². The highest BCUT2D eigenvalue weighted by Crippen LogP contribution is 2.38. The average Bonchev–Trinajstić information content (AvgIpc) is 3.37. The molecule has 0 bridgehead atoms. The molecule has 0 saturated carbocycles. The minimum Gasteiger partial charge on any atom is -0.476 e. The smallest absolute Gasteiger partial charge is 0.333 e. The van der Waals surface area contributed by atoms with Gasteiger partial charge in [-0.15, -0.1) is 0 Å². The summed E-state index contributed by atoms with van der Waals surface area (Å²) in [7, 11) is -4.00. The van der Waals surface area contributed by atoms with Crippen LogP contribution in [0.15, 0.2) is 23.2 Å². The Hall–Kier alpha value is -2.48. The number of rotatable bonds is 3. The summed E-state index contributed by atoms with van der Waals surface area (Å²) in [5.74, 6) is 0.289. The van der Waals surface area contributed by atoms with Crippen molar-refractivity contribution in [1.29, 1.82) is 0 Å². The fourth-order valence-corrected chi connectivity index (χ4v) is 5.55. The Balaban J connectivity index is 1.42. The van der Waals surface area contributed by atoms with Crippen molar-refractivity contribution in [2.24, 2.45) is 0 Å². The van der Waals surface area contributed by atoms with Gasteiger partial charge < -0.3 is 14.6 Å². The molecule has 0 radical (unpaired) electrons. The number of nitrogens with zero attached hydrogens (tertiary/aromatic N) is 1. The predicted octanol–water partition coefficient (Wildman–Crippen LogP) is 2.37. The Labute approximate surface area is 157 Å². The lowest BCUT2D eigenvalue weighted by atomic mass is 9.99. The van der Waals surface area contributed by atoms with Crippen molar-refractivity contribution in [3.05, 3.63) is 40.6 Å². The monoisotopic (exact) mass is 387 g/mol. The maximum atomic E-state index is 12.7. The van der Waals surface area contributed by atoms with E-state index in [9.17, 15) is 13.2 Å². The fourth-order valence-electron chi connectivity index (χ4n) is 4.50. The first kappa shape index (κ1) is 16.7. The largest absolute Gasteiger partial charge is 0.476 e. The van der Waals surface area contributed by atoms with E-state index in [0.29, 0.717) is 13.2 Å². The average molecular weight is 387 g/mol. The summed E-state index contributed by atoms with van der Waals surface area (Å²) in [4.78, 5) is 12.6. The van der Waals surface area contributed by atoms with Crippen molar-refractivity contribution in [2.75, 3.05) is 11.9 Å². The molecule has 0 unspecified atom stereocenters. The maximum Gasteiger partial charge on any atom is 0.333 e. The Bertz CT molecular complexity index is 1020. The Morgan fingerprint density at radius 3 is 2.48 bits per heavy atom. The van der Waals surface area contributed by atoms with Gasteiger partial charge in [-0.2, -0.15) is 0 Å². The van der Waals surface area contributed by atoms with Crippen LogP contribution in [-0.2, 0) is 42.3 Å². The Morgan fingerprint density at radius 1 is 1.07 bits per heavy atom. The van der Waals surface area contributed by atoms with Gasteiger partial charge in [0.25, 0.3) is 10.0 Å². The lowest BCUT2D eigenvalue weighted by molar-refractivity contribution is 0.256. The highest BCUT2D eigenvalue weighted by molar-refractivity contribution is 7.90. The maximum absolute atomic E-state index is 12.7. The molecule has 142 valence electrons. The molecular weight excluding hydrogens is 366 g/mol. The van der Waals surface area contributed by atoms with Gasteiger partial charge in [-0.3, -0.25) is 0 Å². The molecule has 0 spiro atoms. The molecule has 1 aliphatic heterocycles. The van der Waals surface area contributed by atoms with Crippen molar-refractivity contribution >= 4 is 21.7 Å². The second kappa shape index (κ2) is 6.02. The molecule has 1 aromatic carbocycles. The summed E-state index contributed by atoms with van der Waals surface area (Å²) >= 11 is 0. The number of amides is 2. The number of hydrogen-bond donors (Lipinski definition) is 2. The number of sulfonamides is 1. The van der Waals surface area contributed by atoms with Crippen molar-refractivity contribution < 1.29 is 17.9 Å². The third-order valence-corrected chi connectivity index (χ3v) is 7.02. The SMILES string of the molecule is O=C(Nc1c2c(cc3c1CCC3)CCC2)NS(=O)(=O)c1ccn2c1OCC2. The topological polar surface area (TPSA) is 89.4 Å². The fraction of sp³-hybridized carbons (Fsp3) is 0.421. The van der Waals surface area contributed by atoms with Crippen molar-refractivity contribution in [2.45, 2.75) is 50.0 Å². The molecule has 2 heterocycles. The molecular formula is C19H21N3O4S. The zero-order valence-corrected chi connectivity index (χ0v) is 15.7. The minimum absolute atomic E-state index is 0.00123. The van der Waals surface area contributed by atoms with Gasteiger partial charge in [0, 0.05) is 11.9 Å². The lowest BCUT2D eigenvalue weighted by Crippen LogP contribution is -2.35. The number of anilines is 1. The lowest BCUT2D eigenvalue weighted by Gasteiger charge is -2.16. The van der Waals surface area contributed by atoms with Gasteiger partial charge in [-0.05, 0) is 66.8 Å². The summed E-state index contributed by atoms with van der Waals surface area (Å²) in [6, 6.07) is 3.01. The van der Waals surface area contributed by atoms with Crippen LogP contribution in [0.25, 0.3) is 0 Å². The van der Waals surface area contributed by atoms with E-state index in [1.165, 1.54) is 17.2 Å². The van der Waals surface area contributed by atoms with Gasteiger partial charge in [0.2, 0.25) is 5.88 Å². The van der Waals surface area contributed by atoms with Crippen LogP contribution in [0, 0.1) is 0 Å². The van der Waals surface area contributed by atoms with Crippen LogP contribution < -0.4 is 14.8 Å². The highest BCUT2D eigenvalue weighted by atomic mass is 32.2. The van der Waals surface area contributed by atoms with E-state index < -0.39 is 16.1 Å². The Morgan fingerprint density at radius 2 is 1.78 bits per heavy atom. The summed E-state index contributed by atoms with van der Waals surface area (Å²) < 4.78 is 34.6. The van der Waals surface area contributed by atoms with Gasteiger partial charge >= 0.3 is 6.03 Å². The first-order valence-corrected chi connectivity index (χ1v) is 10.8. The molecule has 1 aromatic heterocycles. The summed E-state index contributed by atoms with van der Waals surface area (Å²) in [5, 5.41) is 2.85. The van der Waals surface area contributed by atoms with Crippen molar-refractivity contribution in [3.63, 3.8) is 0 Å². The van der Waals surface area contributed by atoms with Gasteiger partial charge in [-0.1, -0.05) is 6.07 Å². The van der Waals surface area contributed by atoms with Gasteiger partial charge in [0.15, 0.2) is 0 Å². The number of aryl methyl sites for hydroxylation is 2. The number of urea groups is 1. The molecule has 2 aliphatic carbocycles. The van der Waals surface area contributed by atoms with Crippen molar-refractivity contribution in [3.8, 4) is 5.88 Å². The number of carbonyl (C=O) groups is 1. The van der Waals surface area contributed by atoms with Gasteiger partial charge in [-0.25, -0.2) is 17.9 Å². The van der Waals surface area contributed by atoms with E-state index in [1.54, 1.807) is 10.8 Å².